The Bertz CT molecular complexity index is 823. The minimum Gasteiger partial charge on any atom is -0.466 e. The number of rotatable bonds is 6. The third-order valence-corrected chi connectivity index (χ3v) is 4.85. The van der Waals surface area contributed by atoms with Gasteiger partial charge in [0.25, 0.3) is 0 Å². The Morgan fingerprint density at radius 3 is 2.57 bits per heavy atom. The van der Waals surface area contributed by atoms with Crippen molar-refractivity contribution in [1.29, 1.82) is 0 Å². The van der Waals surface area contributed by atoms with Crippen molar-refractivity contribution >= 4 is 12.1 Å². The molecule has 0 fully saturated rings. The fraction of sp³-hybridized carbons (Fsp3) is 0.364. The molecular weight excluding hydrogens is 358 g/mol. The Labute approximate surface area is 164 Å². The normalized spacial score (nSPS) is 20.7. The molecule has 1 aliphatic carbocycles. The Kier molecular flexibility index (Phi) is 6.31. The molecule has 3 rings (SSSR count). The lowest BCUT2D eigenvalue weighted by atomic mass is 9.75. The average molecular weight is 383 g/mol. The van der Waals surface area contributed by atoms with Crippen LogP contribution in [0.4, 0.5) is 4.79 Å². The zero-order valence-corrected chi connectivity index (χ0v) is 15.9. The van der Waals surface area contributed by atoms with Crippen molar-refractivity contribution in [2.24, 2.45) is 0 Å². The van der Waals surface area contributed by atoms with E-state index in [9.17, 15) is 14.7 Å². The van der Waals surface area contributed by atoms with Gasteiger partial charge in [-0.3, -0.25) is 4.79 Å². The first kappa shape index (κ1) is 19.9. The van der Waals surface area contributed by atoms with E-state index in [0.717, 1.165) is 11.1 Å². The molecule has 1 amide bonds. The van der Waals surface area contributed by atoms with Gasteiger partial charge in [0.1, 0.15) is 12.2 Å². The van der Waals surface area contributed by atoms with Gasteiger partial charge >= 0.3 is 12.1 Å². The minimum atomic E-state index is -1.39. The van der Waals surface area contributed by atoms with Crippen molar-refractivity contribution in [3.63, 3.8) is 0 Å². The lowest BCUT2D eigenvalue weighted by Gasteiger charge is -2.38. The third kappa shape index (κ3) is 4.89. The molecule has 148 valence electrons. The topological polar surface area (TPSA) is 84.9 Å². The van der Waals surface area contributed by atoms with E-state index >= 15 is 0 Å². The van der Waals surface area contributed by atoms with Gasteiger partial charge in [-0.15, -0.1) is 0 Å². The summed E-state index contributed by atoms with van der Waals surface area (Å²) in [5.41, 5.74) is 1.11. The summed E-state index contributed by atoms with van der Waals surface area (Å²) in [6, 6.07) is 16.5. The molecule has 6 heteroatoms. The Morgan fingerprint density at radius 2 is 1.82 bits per heavy atom. The second-order valence-electron chi connectivity index (χ2n) is 6.98. The van der Waals surface area contributed by atoms with Gasteiger partial charge in [0.2, 0.25) is 0 Å². The summed E-state index contributed by atoms with van der Waals surface area (Å²) in [4.78, 5) is 24.2. The second kappa shape index (κ2) is 8.89. The van der Waals surface area contributed by atoms with Crippen molar-refractivity contribution in [2.45, 2.75) is 44.4 Å². The molecule has 0 aromatic heterocycles. The molecule has 0 saturated heterocycles. The highest BCUT2D eigenvalue weighted by atomic mass is 16.5. The Balaban J connectivity index is 1.67. The van der Waals surface area contributed by atoms with Gasteiger partial charge < -0.3 is 19.9 Å². The number of hydrogen-bond acceptors (Lipinski definition) is 5. The summed E-state index contributed by atoms with van der Waals surface area (Å²) in [6.07, 6.45) is 0.0619. The molecular formula is C22H25NO5. The van der Waals surface area contributed by atoms with Crippen LogP contribution in [0.1, 0.15) is 36.5 Å². The number of benzene rings is 2. The highest BCUT2D eigenvalue weighted by molar-refractivity contribution is 5.72. The smallest absolute Gasteiger partial charge is 0.407 e. The van der Waals surface area contributed by atoms with Crippen LogP contribution in [0.25, 0.3) is 0 Å². The summed E-state index contributed by atoms with van der Waals surface area (Å²) in [5, 5.41) is 14.0. The Hall–Kier alpha value is -2.86. The lowest BCUT2D eigenvalue weighted by molar-refractivity contribution is -0.150. The quantitative estimate of drug-likeness (QED) is 0.749. The molecule has 0 bridgehead atoms. The zero-order valence-electron chi connectivity index (χ0n) is 15.9. The molecule has 0 spiro atoms. The highest BCUT2D eigenvalue weighted by Crippen LogP contribution is 2.38. The van der Waals surface area contributed by atoms with E-state index < -0.39 is 17.7 Å². The molecule has 0 aliphatic heterocycles. The van der Waals surface area contributed by atoms with Crippen LogP contribution in [-0.2, 0) is 32.9 Å². The number of carbonyl (C=O) groups excluding carboxylic acids is 2. The highest BCUT2D eigenvalue weighted by Gasteiger charge is 2.41. The van der Waals surface area contributed by atoms with E-state index in [1.807, 2.05) is 54.6 Å². The summed E-state index contributed by atoms with van der Waals surface area (Å²) in [6.45, 7) is 2.15. The number of amides is 1. The molecule has 0 radical (unpaired) electrons. The van der Waals surface area contributed by atoms with E-state index in [0.29, 0.717) is 12.0 Å². The van der Waals surface area contributed by atoms with Gasteiger partial charge in [0.05, 0.1) is 13.0 Å². The minimum absolute atomic E-state index is 0.158. The van der Waals surface area contributed by atoms with Crippen LogP contribution < -0.4 is 5.32 Å². The van der Waals surface area contributed by atoms with Crippen molar-refractivity contribution in [2.75, 3.05) is 6.61 Å². The molecule has 1 aliphatic rings. The van der Waals surface area contributed by atoms with Crippen molar-refractivity contribution < 1.29 is 24.2 Å². The van der Waals surface area contributed by atoms with Crippen LogP contribution >= 0.6 is 0 Å². The van der Waals surface area contributed by atoms with Crippen molar-refractivity contribution in [3.8, 4) is 0 Å². The molecule has 2 N–H and O–H groups in total. The van der Waals surface area contributed by atoms with Gasteiger partial charge in [0.15, 0.2) is 0 Å². The molecule has 2 aromatic rings. The zero-order chi connectivity index (χ0) is 20.0. The van der Waals surface area contributed by atoms with Crippen LogP contribution in [0, 0.1) is 0 Å². The Morgan fingerprint density at radius 1 is 1.11 bits per heavy atom. The van der Waals surface area contributed by atoms with E-state index in [1.54, 1.807) is 6.92 Å². The van der Waals surface area contributed by atoms with Crippen LogP contribution in [0.3, 0.4) is 0 Å². The first-order valence-corrected chi connectivity index (χ1v) is 9.44. The number of fused-ring (bicyclic) bond motifs is 1. The third-order valence-electron chi connectivity index (χ3n) is 4.85. The van der Waals surface area contributed by atoms with Gasteiger partial charge in [-0.05, 0) is 30.0 Å². The second-order valence-corrected chi connectivity index (χ2v) is 6.98. The first-order valence-electron chi connectivity index (χ1n) is 9.44. The summed E-state index contributed by atoms with van der Waals surface area (Å²) in [5.74, 6) is -0.466. The molecule has 2 atom stereocenters. The maximum Gasteiger partial charge on any atom is 0.407 e. The van der Waals surface area contributed by atoms with Crippen LogP contribution in [0.15, 0.2) is 54.6 Å². The largest absolute Gasteiger partial charge is 0.466 e. The number of hydrogen-bond donors (Lipinski definition) is 2. The number of esters is 1. The first-order chi connectivity index (χ1) is 13.5. The van der Waals surface area contributed by atoms with Crippen LogP contribution in [0.2, 0.25) is 0 Å². The van der Waals surface area contributed by atoms with Gasteiger partial charge in [0, 0.05) is 12.5 Å². The summed E-state index contributed by atoms with van der Waals surface area (Å²) in [7, 11) is 0. The van der Waals surface area contributed by atoms with E-state index in [4.69, 9.17) is 9.47 Å². The van der Waals surface area contributed by atoms with E-state index in [-0.39, 0.29) is 32.1 Å². The molecule has 0 unspecified atom stereocenters. The maximum atomic E-state index is 12.2. The monoisotopic (exact) mass is 383 g/mol. The van der Waals surface area contributed by atoms with Crippen molar-refractivity contribution in [3.05, 3.63) is 71.3 Å². The number of ether oxygens (including phenoxy) is 2. The molecule has 2 aromatic carbocycles. The molecule has 0 heterocycles. The lowest BCUT2D eigenvalue weighted by Crippen LogP contribution is -2.47. The molecule has 6 nitrogen and oxygen atoms in total. The van der Waals surface area contributed by atoms with Crippen LogP contribution in [0.5, 0.6) is 0 Å². The SMILES string of the molecule is CCOC(=O)C[C@]1(O)C[C@@H](NC(=O)OCc2ccccc2)Cc2ccccc21. The van der Waals surface area contributed by atoms with Gasteiger partial charge in [-0.2, -0.15) is 0 Å². The fourth-order valence-electron chi connectivity index (χ4n) is 3.66. The number of aliphatic hydroxyl groups is 1. The predicted molar refractivity (Wildman–Crippen MR) is 103 cm³/mol. The summed E-state index contributed by atoms with van der Waals surface area (Å²) >= 11 is 0. The van der Waals surface area contributed by atoms with E-state index in [2.05, 4.69) is 5.32 Å². The van der Waals surface area contributed by atoms with Gasteiger partial charge in [-0.25, -0.2) is 4.79 Å². The molecule has 0 saturated carbocycles. The number of carbonyl (C=O) groups is 2. The number of alkyl carbamates (subject to hydrolysis) is 1. The standard InChI is InChI=1S/C22H25NO5/c1-2-27-20(24)14-22(26)13-18(12-17-10-6-7-11-19(17)22)23-21(25)28-15-16-8-4-3-5-9-16/h3-11,18,26H,2,12-15H2,1H3,(H,23,25)/t18-,22+/m0/s1. The van der Waals surface area contributed by atoms with Crippen LogP contribution in [-0.4, -0.2) is 29.8 Å². The fourth-order valence-corrected chi connectivity index (χ4v) is 3.66. The molecule has 28 heavy (non-hydrogen) atoms. The maximum absolute atomic E-state index is 12.2. The predicted octanol–water partition coefficient (Wildman–Crippen LogP) is 3.07. The van der Waals surface area contributed by atoms with Crippen molar-refractivity contribution in [1.82, 2.24) is 5.32 Å². The number of nitrogens with one attached hydrogen (secondary N) is 1. The van der Waals surface area contributed by atoms with Gasteiger partial charge in [-0.1, -0.05) is 54.6 Å². The average Bonchev–Trinajstić information content (AvgIpc) is 2.67. The summed E-state index contributed by atoms with van der Waals surface area (Å²) < 4.78 is 10.3. The van der Waals surface area contributed by atoms with E-state index in [1.165, 1.54) is 0 Å².